The van der Waals surface area contributed by atoms with E-state index < -0.39 is 0 Å². The van der Waals surface area contributed by atoms with Gasteiger partial charge in [-0.15, -0.1) is 23.7 Å². The molecule has 33 heavy (non-hydrogen) atoms. The molecule has 1 unspecified atom stereocenters. The van der Waals surface area contributed by atoms with E-state index in [2.05, 4.69) is 24.4 Å². The van der Waals surface area contributed by atoms with Gasteiger partial charge in [-0.3, -0.25) is 4.79 Å². The average Bonchev–Trinajstić information content (AvgIpc) is 3.15. The lowest BCUT2D eigenvalue weighted by Gasteiger charge is -2.20. The van der Waals surface area contributed by atoms with E-state index in [1.807, 2.05) is 49.4 Å². The van der Waals surface area contributed by atoms with Gasteiger partial charge in [0.2, 0.25) is 0 Å². The van der Waals surface area contributed by atoms with Gasteiger partial charge in [0.1, 0.15) is 10.6 Å². The number of benzene rings is 2. The van der Waals surface area contributed by atoms with Crippen LogP contribution in [-0.4, -0.2) is 18.0 Å². The number of thiophene rings is 1. The monoisotopic (exact) mass is 478 g/mol. The van der Waals surface area contributed by atoms with Gasteiger partial charge in [0.15, 0.2) is 0 Å². The van der Waals surface area contributed by atoms with Crippen LogP contribution in [0.2, 0.25) is 0 Å². The topological polar surface area (TPSA) is 51.2 Å². The first-order chi connectivity index (χ1) is 15.6. The third kappa shape index (κ3) is 4.23. The Bertz CT molecular complexity index is 1320. The van der Waals surface area contributed by atoms with Crippen molar-refractivity contribution in [2.24, 2.45) is 5.92 Å². The number of hydrogen-bond acceptors (Lipinski definition) is 4. The molecule has 5 rings (SSSR count). The van der Waals surface area contributed by atoms with E-state index in [0.717, 1.165) is 39.9 Å². The van der Waals surface area contributed by atoms with Crippen molar-refractivity contribution < 1.29 is 9.53 Å². The van der Waals surface area contributed by atoms with Crippen molar-refractivity contribution in [3.8, 4) is 16.9 Å². The van der Waals surface area contributed by atoms with Gasteiger partial charge in [-0.1, -0.05) is 49.4 Å². The standard InChI is InChI=1S/C27H26N2O2S.ClH/c1-16-13-14-19-22(15-16)32-27-25(19)24(18-9-5-4-6-10-18)23(17(2)28-27)26(30)29-20-11-7-8-12-21(20)31-3;/h4-12,16H,13-15H2,1-3H3,(H,29,30);1H. The second kappa shape index (κ2) is 9.54. The van der Waals surface area contributed by atoms with Crippen LogP contribution in [0.5, 0.6) is 5.75 Å². The molecule has 2 aromatic carbocycles. The molecule has 6 heteroatoms. The highest BCUT2D eigenvalue weighted by atomic mass is 35.5. The van der Waals surface area contributed by atoms with Gasteiger partial charge >= 0.3 is 0 Å². The van der Waals surface area contributed by atoms with Crippen LogP contribution in [0.3, 0.4) is 0 Å². The largest absolute Gasteiger partial charge is 0.495 e. The van der Waals surface area contributed by atoms with Crippen molar-refractivity contribution in [1.82, 2.24) is 4.98 Å². The number of methoxy groups -OCH3 is 1. The van der Waals surface area contributed by atoms with Crippen molar-refractivity contribution in [2.45, 2.75) is 33.1 Å². The maximum atomic E-state index is 13.7. The number of anilines is 1. The number of amides is 1. The Morgan fingerprint density at radius 1 is 1.12 bits per heavy atom. The van der Waals surface area contributed by atoms with Crippen LogP contribution in [-0.2, 0) is 12.8 Å². The van der Waals surface area contributed by atoms with Crippen molar-refractivity contribution in [3.05, 3.63) is 76.3 Å². The van der Waals surface area contributed by atoms with E-state index in [1.165, 1.54) is 16.9 Å². The minimum atomic E-state index is -0.163. The molecule has 0 saturated carbocycles. The summed E-state index contributed by atoms with van der Waals surface area (Å²) in [5, 5.41) is 4.22. The maximum Gasteiger partial charge on any atom is 0.258 e. The number of fused-ring (bicyclic) bond motifs is 3. The number of carbonyl (C=O) groups is 1. The molecule has 4 aromatic rings. The normalized spacial score (nSPS) is 14.9. The summed E-state index contributed by atoms with van der Waals surface area (Å²) in [6.07, 6.45) is 3.30. The summed E-state index contributed by atoms with van der Waals surface area (Å²) in [5.41, 5.74) is 5.45. The van der Waals surface area contributed by atoms with Crippen LogP contribution in [0.25, 0.3) is 21.3 Å². The van der Waals surface area contributed by atoms with Crippen LogP contribution in [0.15, 0.2) is 54.6 Å². The van der Waals surface area contributed by atoms with Crippen LogP contribution in [0.1, 0.15) is 39.8 Å². The summed E-state index contributed by atoms with van der Waals surface area (Å²) < 4.78 is 5.44. The van der Waals surface area contributed by atoms with Crippen LogP contribution in [0, 0.1) is 12.8 Å². The van der Waals surface area contributed by atoms with E-state index in [4.69, 9.17) is 9.72 Å². The van der Waals surface area contributed by atoms with Crippen molar-refractivity contribution in [3.63, 3.8) is 0 Å². The fraction of sp³-hybridized carbons (Fsp3) is 0.259. The lowest BCUT2D eigenvalue weighted by atomic mass is 9.86. The molecule has 0 radical (unpaired) electrons. The Kier molecular flexibility index (Phi) is 6.73. The Balaban J connectivity index is 0.00000259. The first kappa shape index (κ1) is 23.3. The lowest BCUT2D eigenvalue weighted by Crippen LogP contribution is -2.17. The SMILES string of the molecule is COc1ccccc1NC(=O)c1c(C)nc2sc3c(c2c1-c1ccccc1)CCC(C)C3.Cl. The fourth-order valence-electron chi connectivity index (χ4n) is 4.69. The highest BCUT2D eigenvalue weighted by Gasteiger charge is 2.28. The van der Waals surface area contributed by atoms with Crippen LogP contribution in [0.4, 0.5) is 5.69 Å². The van der Waals surface area contributed by atoms with Crippen molar-refractivity contribution in [2.75, 3.05) is 12.4 Å². The minimum absolute atomic E-state index is 0. The Morgan fingerprint density at radius 3 is 2.61 bits per heavy atom. The highest BCUT2D eigenvalue weighted by Crippen LogP contribution is 2.44. The maximum absolute atomic E-state index is 13.7. The molecule has 0 spiro atoms. The smallest absolute Gasteiger partial charge is 0.258 e. The molecule has 170 valence electrons. The molecule has 1 amide bonds. The summed E-state index contributed by atoms with van der Waals surface area (Å²) in [6, 6.07) is 17.7. The molecule has 0 aliphatic heterocycles. The van der Waals surface area contributed by atoms with E-state index in [1.54, 1.807) is 18.4 Å². The molecular formula is C27H27ClN2O2S. The minimum Gasteiger partial charge on any atom is -0.495 e. The zero-order valence-corrected chi connectivity index (χ0v) is 20.6. The van der Waals surface area contributed by atoms with Gasteiger partial charge in [0.25, 0.3) is 5.91 Å². The van der Waals surface area contributed by atoms with E-state index in [9.17, 15) is 4.79 Å². The summed E-state index contributed by atoms with van der Waals surface area (Å²) >= 11 is 1.79. The van der Waals surface area contributed by atoms with E-state index in [0.29, 0.717) is 22.9 Å². The first-order valence-electron chi connectivity index (χ1n) is 11.0. The number of para-hydroxylation sites is 2. The first-order valence-corrected chi connectivity index (χ1v) is 11.8. The molecule has 0 bridgehead atoms. The molecule has 1 atom stereocenters. The fourth-order valence-corrected chi connectivity index (χ4v) is 6.13. The molecule has 0 fully saturated rings. The van der Waals surface area contributed by atoms with Gasteiger partial charge < -0.3 is 10.1 Å². The number of halogens is 1. The van der Waals surface area contributed by atoms with Crippen LogP contribution < -0.4 is 10.1 Å². The molecule has 4 nitrogen and oxygen atoms in total. The second-order valence-electron chi connectivity index (χ2n) is 8.50. The van der Waals surface area contributed by atoms with Crippen molar-refractivity contribution >= 4 is 45.6 Å². The molecule has 2 heterocycles. The van der Waals surface area contributed by atoms with Gasteiger partial charge in [-0.2, -0.15) is 0 Å². The molecule has 1 N–H and O–H groups in total. The number of nitrogens with zero attached hydrogens (tertiary/aromatic N) is 1. The second-order valence-corrected chi connectivity index (χ2v) is 9.58. The summed E-state index contributed by atoms with van der Waals surface area (Å²) in [4.78, 5) is 21.1. The number of aryl methyl sites for hydroxylation is 2. The Morgan fingerprint density at radius 2 is 1.85 bits per heavy atom. The lowest BCUT2D eigenvalue weighted by molar-refractivity contribution is 0.102. The van der Waals surface area contributed by atoms with Crippen LogP contribution >= 0.6 is 23.7 Å². The molecular weight excluding hydrogens is 452 g/mol. The van der Waals surface area contributed by atoms with E-state index in [-0.39, 0.29) is 18.3 Å². The summed E-state index contributed by atoms with van der Waals surface area (Å²) in [5.74, 6) is 1.16. The molecule has 1 aliphatic rings. The van der Waals surface area contributed by atoms with Crippen molar-refractivity contribution in [1.29, 1.82) is 0 Å². The van der Waals surface area contributed by atoms with Gasteiger partial charge in [-0.25, -0.2) is 4.98 Å². The number of hydrogen-bond donors (Lipinski definition) is 1. The van der Waals surface area contributed by atoms with Gasteiger partial charge in [0.05, 0.1) is 24.1 Å². The summed E-state index contributed by atoms with van der Waals surface area (Å²) in [7, 11) is 1.61. The number of aromatic nitrogens is 1. The Hall–Kier alpha value is -2.89. The number of nitrogens with one attached hydrogen (secondary N) is 1. The van der Waals surface area contributed by atoms with E-state index >= 15 is 0 Å². The summed E-state index contributed by atoms with van der Waals surface area (Å²) in [6.45, 7) is 4.25. The number of ether oxygens (including phenoxy) is 1. The number of carbonyl (C=O) groups excluding carboxylic acids is 1. The predicted octanol–water partition coefficient (Wildman–Crippen LogP) is 7.08. The average molecular weight is 479 g/mol. The predicted molar refractivity (Wildman–Crippen MR) is 139 cm³/mol. The number of rotatable bonds is 4. The van der Waals surface area contributed by atoms with Gasteiger partial charge in [0, 0.05) is 15.8 Å². The molecule has 1 aliphatic carbocycles. The highest BCUT2D eigenvalue weighted by molar-refractivity contribution is 7.19. The Labute approximate surface area is 204 Å². The zero-order chi connectivity index (χ0) is 22.2. The zero-order valence-electron chi connectivity index (χ0n) is 19.0. The molecule has 0 saturated heterocycles. The third-order valence-corrected chi connectivity index (χ3v) is 7.42. The number of pyridine rings is 1. The quantitative estimate of drug-likeness (QED) is 0.341. The molecule has 2 aromatic heterocycles. The third-order valence-electron chi connectivity index (χ3n) is 6.27. The van der Waals surface area contributed by atoms with Gasteiger partial charge in [-0.05, 0) is 55.4 Å².